The first-order valence-corrected chi connectivity index (χ1v) is 11.1. The third-order valence-corrected chi connectivity index (χ3v) is 6.14. The lowest BCUT2D eigenvalue weighted by atomic mass is 9.96. The molecule has 1 aliphatic heterocycles. The highest BCUT2D eigenvalue weighted by atomic mass is 19.4. The number of hydrogen-bond donors (Lipinski definition) is 1. The van der Waals surface area contributed by atoms with Crippen molar-refractivity contribution in [2.75, 3.05) is 6.54 Å². The molecule has 5 nitrogen and oxygen atoms in total. The first kappa shape index (κ1) is 22.9. The maximum absolute atomic E-state index is 13.9. The number of alkyl halides is 3. The van der Waals surface area contributed by atoms with E-state index in [0.717, 1.165) is 22.8 Å². The van der Waals surface area contributed by atoms with Crippen LogP contribution < -0.4 is 0 Å². The van der Waals surface area contributed by atoms with Crippen LogP contribution in [0, 0.1) is 0 Å². The zero-order valence-electron chi connectivity index (χ0n) is 18.5. The number of fused-ring (bicyclic) bond motifs is 1. The molecule has 0 fully saturated rings. The molecule has 0 unspecified atom stereocenters. The topological polar surface area (TPSA) is 66.6 Å². The van der Waals surface area contributed by atoms with Crippen molar-refractivity contribution in [3.8, 4) is 33.7 Å². The van der Waals surface area contributed by atoms with E-state index in [9.17, 15) is 18.0 Å². The predicted molar refractivity (Wildman–Crippen MR) is 124 cm³/mol. The van der Waals surface area contributed by atoms with Crippen LogP contribution in [0.2, 0.25) is 0 Å². The van der Waals surface area contributed by atoms with Crippen LogP contribution in [-0.2, 0) is 24.1 Å². The summed E-state index contributed by atoms with van der Waals surface area (Å²) < 4.78 is 47.1. The molecular weight excluding hydrogens is 457 g/mol. The summed E-state index contributed by atoms with van der Waals surface area (Å²) in [6, 6.07) is 20.1. The smallest absolute Gasteiger partial charge is 0.417 e. The molecule has 1 N–H and O–H groups in total. The standard InChI is InChI=1S/C27H21F3N2O3/c28-27(29,30)23-13-19(8-9-22(23)17-4-2-1-3-5-17)25-14-24(31-35-25)18-6-7-20-15-32(11-10-26(33)34)16-21(20)12-18/h1-9,12-14H,10-11,15-16H2,(H,33,34). The second-order valence-corrected chi connectivity index (χ2v) is 8.54. The number of aliphatic carboxylic acids is 1. The second kappa shape index (κ2) is 9.03. The van der Waals surface area contributed by atoms with Crippen molar-refractivity contribution >= 4 is 5.97 Å². The molecule has 0 saturated heterocycles. The Balaban J connectivity index is 1.42. The fourth-order valence-corrected chi connectivity index (χ4v) is 4.39. The number of rotatable bonds is 6. The molecule has 0 spiro atoms. The summed E-state index contributed by atoms with van der Waals surface area (Å²) in [4.78, 5) is 12.9. The number of benzene rings is 3. The fourth-order valence-electron chi connectivity index (χ4n) is 4.39. The highest BCUT2D eigenvalue weighted by Crippen LogP contribution is 2.40. The zero-order chi connectivity index (χ0) is 24.6. The largest absolute Gasteiger partial charge is 0.481 e. The Kier molecular flexibility index (Phi) is 5.90. The first-order valence-electron chi connectivity index (χ1n) is 11.1. The lowest BCUT2D eigenvalue weighted by Gasteiger charge is -2.14. The summed E-state index contributed by atoms with van der Waals surface area (Å²) >= 11 is 0. The number of carboxylic acid groups (broad SMARTS) is 1. The maximum atomic E-state index is 13.9. The van der Waals surface area contributed by atoms with Crippen molar-refractivity contribution in [2.24, 2.45) is 0 Å². The Morgan fingerprint density at radius 2 is 1.66 bits per heavy atom. The molecule has 1 aromatic heterocycles. The molecule has 4 aromatic rings. The molecule has 0 bridgehead atoms. The molecule has 1 aliphatic rings. The molecule has 178 valence electrons. The molecule has 0 saturated carbocycles. The average Bonchev–Trinajstić information content (AvgIpc) is 3.49. The number of aromatic nitrogens is 1. The van der Waals surface area contributed by atoms with Crippen molar-refractivity contribution in [3.05, 3.63) is 89.5 Å². The van der Waals surface area contributed by atoms with Crippen LogP contribution in [-0.4, -0.2) is 27.7 Å². The van der Waals surface area contributed by atoms with Crippen molar-refractivity contribution in [1.29, 1.82) is 0 Å². The molecule has 0 radical (unpaired) electrons. The number of carbonyl (C=O) groups is 1. The lowest BCUT2D eigenvalue weighted by Crippen LogP contribution is -2.20. The minimum absolute atomic E-state index is 0.0798. The second-order valence-electron chi connectivity index (χ2n) is 8.54. The van der Waals surface area contributed by atoms with E-state index < -0.39 is 17.7 Å². The Hall–Kier alpha value is -3.91. The van der Waals surface area contributed by atoms with Gasteiger partial charge in [0.05, 0.1) is 12.0 Å². The molecule has 0 atom stereocenters. The van der Waals surface area contributed by atoms with Gasteiger partial charge in [-0.2, -0.15) is 13.2 Å². The van der Waals surface area contributed by atoms with Crippen LogP contribution in [0.25, 0.3) is 33.7 Å². The SMILES string of the molecule is O=C(O)CCN1Cc2ccc(-c3cc(-c4ccc(-c5ccccc5)c(C(F)(F)F)c4)on3)cc2C1. The van der Waals surface area contributed by atoms with Crippen molar-refractivity contribution in [3.63, 3.8) is 0 Å². The zero-order valence-corrected chi connectivity index (χ0v) is 18.5. The third kappa shape index (κ3) is 4.83. The van der Waals surface area contributed by atoms with Gasteiger partial charge < -0.3 is 9.63 Å². The van der Waals surface area contributed by atoms with E-state index in [1.807, 2.05) is 18.2 Å². The van der Waals surface area contributed by atoms with Gasteiger partial charge in [0.1, 0.15) is 5.69 Å². The molecule has 35 heavy (non-hydrogen) atoms. The summed E-state index contributed by atoms with van der Waals surface area (Å²) in [6.45, 7) is 1.78. The number of carboxylic acids is 1. The van der Waals surface area contributed by atoms with Crippen LogP contribution in [0.15, 0.2) is 77.3 Å². The van der Waals surface area contributed by atoms with E-state index in [2.05, 4.69) is 10.1 Å². The Labute approximate surface area is 199 Å². The van der Waals surface area contributed by atoms with Crippen molar-refractivity contribution in [1.82, 2.24) is 10.1 Å². The van der Waals surface area contributed by atoms with Gasteiger partial charge >= 0.3 is 12.1 Å². The van der Waals surface area contributed by atoms with Gasteiger partial charge in [0.15, 0.2) is 5.76 Å². The van der Waals surface area contributed by atoms with Crippen LogP contribution >= 0.6 is 0 Å². The fraction of sp³-hybridized carbons (Fsp3) is 0.185. The number of nitrogens with zero attached hydrogens (tertiary/aromatic N) is 2. The van der Waals surface area contributed by atoms with Gasteiger partial charge in [0.25, 0.3) is 0 Å². The van der Waals surface area contributed by atoms with Crippen LogP contribution in [0.5, 0.6) is 0 Å². The van der Waals surface area contributed by atoms with Gasteiger partial charge in [0, 0.05) is 36.8 Å². The van der Waals surface area contributed by atoms with E-state index in [1.54, 1.807) is 42.5 Å². The highest BCUT2D eigenvalue weighted by molar-refractivity contribution is 5.74. The minimum Gasteiger partial charge on any atom is -0.481 e. The average molecular weight is 478 g/mol. The Morgan fingerprint density at radius 1 is 0.914 bits per heavy atom. The van der Waals surface area contributed by atoms with E-state index in [0.29, 0.717) is 30.9 Å². The Bertz CT molecular complexity index is 1380. The van der Waals surface area contributed by atoms with Crippen LogP contribution in [0.4, 0.5) is 13.2 Å². The summed E-state index contributed by atoms with van der Waals surface area (Å²) in [5.41, 5.74) is 3.64. The first-order chi connectivity index (χ1) is 16.8. The quantitative estimate of drug-likeness (QED) is 0.343. The van der Waals surface area contributed by atoms with Gasteiger partial charge in [-0.25, -0.2) is 0 Å². The monoisotopic (exact) mass is 478 g/mol. The van der Waals surface area contributed by atoms with E-state index >= 15 is 0 Å². The molecule has 0 amide bonds. The van der Waals surface area contributed by atoms with Gasteiger partial charge in [-0.1, -0.05) is 59.8 Å². The number of halogens is 3. The number of hydrogen-bond acceptors (Lipinski definition) is 4. The van der Waals surface area contributed by atoms with Crippen molar-refractivity contribution in [2.45, 2.75) is 25.7 Å². The molecular formula is C27H21F3N2O3. The van der Waals surface area contributed by atoms with Gasteiger partial charge in [-0.15, -0.1) is 0 Å². The maximum Gasteiger partial charge on any atom is 0.417 e. The molecule has 5 rings (SSSR count). The molecule has 8 heteroatoms. The van der Waals surface area contributed by atoms with Crippen molar-refractivity contribution < 1.29 is 27.6 Å². The Morgan fingerprint density at radius 3 is 2.40 bits per heavy atom. The normalized spacial score (nSPS) is 13.7. The minimum atomic E-state index is -4.53. The summed E-state index contributed by atoms with van der Waals surface area (Å²) in [6.07, 6.45) is -4.45. The van der Waals surface area contributed by atoms with E-state index in [-0.39, 0.29) is 23.3 Å². The highest BCUT2D eigenvalue weighted by Gasteiger charge is 2.34. The van der Waals surface area contributed by atoms with E-state index in [1.165, 1.54) is 6.07 Å². The predicted octanol–water partition coefficient (Wildman–Crippen LogP) is 6.48. The summed E-state index contributed by atoms with van der Waals surface area (Å²) in [5.74, 6) is -0.587. The van der Waals surface area contributed by atoms with Gasteiger partial charge in [0.2, 0.25) is 0 Å². The van der Waals surface area contributed by atoms with E-state index in [4.69, 9.17) is 9.63 Å². The molecule has 0 aliphatic carbocycles. The van der Waals surface area contributed by atoms with Crippen LogP contribution in [0.3, 0.4) is 0 Å². The third-order valence-electron chi connectivity index (χ3n) is 6.14. The summed E-state index contributed by atoms with van der Waals surface area (Å²) in [7, 11) is 0. The van der Waals surface area contributed by atoms with Gasteiger partial charge in [-0.05, 0) is 34.4 Å². The molecule has 3 aromatic carbocycles. The lowest BCUT2D eigenvalue weighted by molar-refractivity contribution is -0.138. The van der Waals surface area contributed by atoms with Crippen LogP contribution in [0.1, 0.15) is 23.1 Å². The molecule has 2 heterocycles. The summed E-state index contributed by atoms with van der Waals surface area (Å²) in [5, 5.41) is 13.0. The van der Waals surface area contributed by atoms with Gasteiger partial charge in [-0.3, -0.25) is 9.69 Å².